The van der Waals surface area contributed by atoms with Crippen LogP contribution in [0.4, 0.5) is 10.1 Å². The van der Waals surface area contributed by atoms with E-state index in [1.807, 2.05) is 0 Å². The van der Waals surface area contributed by atoms with Crippen LogP contribution in [0.1, 0.15) is 35.5 Å². The molecule has 1 aliphatic rings. The predicted molar refractivity (Wildman–Crippen MR) is 151 cm³/mol. The van der Waals surface area contributed by atoms with Crippen molar-refractivity contribution in [1.82, 2.24) is 28.9 Å². The standard InChI is InChI=1S/C28H28FN7O4S/c1-17-23(16-34(2)32-17)41(39,40)33-21-11-9-18(10-12-21)13-24-30-25-26(31-24)35(14-19-7-8-19)28(38)36(27(25)37)15-20-5-3-4-6-22(20)29/h3-6,9-12,16,19,33H,7-8,13-15H2,1-2H3,(H,30,31). The molecule has 1 fully saturated rings. The van der Waals surface area contributed by atoms with E-state index in [-0.39, 0.29) is 28.2 Å². The first-order valence-corrected chi connectivity index (χ1v) is 14.6. The number of anilines is 1. The zero-order chi connectivity index (χ0) is 28.9. The molecule has 5 aromatic rings. The van der Waals surface area contributed by atoms with Crippen molar-refractivity contribution in [3.8, 4) is 0 Å². The lowest BCUT2D eigenvalue weighted by Gasteiger charge is -2.11. The average Bonchev–Trinajstić information content (AvgIpc) is 3.55. The van der Waals surface area contributed by atoms with Gasteiger partial charge in [-0.1, -0.05) is 30.3 Å². The van der Waals surface area contributed by atoms with Crippen molar-refractivity contribution in [3.05, 3.63) is 104 Å². The summed E-state index contributed by atoms with van der Waals surface area (Å²) in [6, 6.07) is 12.9. The summed E-state index contributed by atoms with van der Waals surface area (Å²) in [6.07, 6.45) is 3.75. The summed E-state index contributed by atoms with van der Waals surface area (Å²) in [5.74, 6) is 0.325. The number of hydrogen-bond donors (Lipinski definition) is 2. The van der Waals surface area contributed by atoms with Crippen LogP contribution in [-0.4, -0.2) is 37.3 Å². The van der Waals surface area contributed by atoms with Gasteiger partial charge in [0.2, 0.25) is 0 Å². The van der Waals surface area contributed by atoms with Crippen LogP contribution in [0, 0.1) is 18.7 Å². The molecule has 2 aromatic carbocycles. The number of rotatable bonds is 9. The van der Waals surface area contributed by atoms with Crippen molar-refractivity contribution >= 4 is 26.9 Å². The third kappa shape index (κ3) is 5.32. The minimum Gasteiger partial charge on any atom is -0.336 e. The molecule has 0 unspecified atom stereocenters. The summed E-state index contributed by atoms with van der Waals surface area (Å²) in [5, 5.41) is 4.09. The number of hydrogen-bond acceptors (Lipinski definition) is 6. The Morgan fingerprint density at radius 2 is 1.80 bits per heavy atom. The second-order valence-electron chi connectivity index (χ2n) is 10.4. The SMILES string of the molecule is Cc1nn(C)cc1S(=O)(=O)Nc1ccc(Cc2nc3c([nH]2)c(=O)n(Cc2ccccc2F)c(=O)n3CC2CC2)cc1. The predicted octanol–water partition coefficient (Wildman–Crippen LogP) is 2.92. The fraction of sp³-hybridized carbons (Fsp3) is 0.286. The van der Waals surface area contributed by atoms with Gasteiger partial charge in [0, 0.05) is 37.5 Å². The Morgan fingerprint density at radius 1 is 1.07 bits per heavy atom. The van der Waals surface area contributed by atoms with Gasteiger partial charge in [-0.2, -0.15) is 5.10 Å². The number of aryl methyl sites for hydroxylation is 2. The number of imidazole rings is 1. The minimum atomic E-state index is -3.81. The van der Waals surface area contributed by atoms with Gasteiger partial charge >= 0.3 is 5.69 Å². The Kier molecular flexibility index (Phi) is 6.60. The van der Waals surface area contributed by atoms with Gasteiger partial charge in [-0.15, -0.1) is 0 Å². The number of aromatic nitrogens is 6. The fourth-order valence-electron chi connectivity index (χ4n) is 4.89. The molecule has 2 N–H and O–H groups in total. The molecule has 0 radical (unpaired) electrons. The van der Waals surface area contributed by atoms with Crippen molar-refractivity contribution in [2.45, 2.75) is 44.2 Å². The largest absolute Gasteiger partial charge is 0.336 e. The number of halogens is 1. The molecule has 212 valence electrons. The lowest BCUT2D eigenvalue weighted by atomic mass is 10.1. The van der Waals surface area contributed by atoms with E-state index >= 15 is 0 Å². The van der Waals surface area contributed by atoms with E-state index < -0.39 is 27.1 Å². The molecule has 0 saturated heterocycles. The third-order valence-corrected chi connectivity index (χ3v) is 8.65. The van der Waals surface area contributed by atoms with E-state index in [4.69, 9.17) is 0 Å². The molecule has 0 atom stereocenters. The Labute approximate surface area is 234 Å². The van der Waals surface area contributed by atoms with Crippen LogP contribution in [0.5, 0.6) is 0 Å². The molecule has 3 aromatic heterocycles. The monoisotopic (exact) mass is 577 g/mol. The molecule has 0 spiro atoms. The summed E-state index contributed by atoms with van der Waals surface area (Å²) < 4.78 is 46.5. The van der Waals surface area contributed by atoms with E-state index in [9.17, 15) is 22.4 Å². The number of aromatic amines is 1. The maximum absolute atomic E-state index is 14.4. The molecule has 13 heteroatoms. The van der Waals surface area contributed by atoms with Crippen LogP contribution in [-0.2, 0) is 36.6 Å². The van der Waals surface area contributed by atoms with Crippen molar-refractivity contribution in [2.24, 2.45) is 13.0 Å². The normalized spacial score (nSPS) is 13.6. The number of nitrogens with one attached hydrogen (secondary N) is 2. The minimum absolute atomic E-state index is 0.101. The molecule has 3 heterocycles. The topological polar surface area (TPSA) is 137 Å². The highest BCUT2D eigenvalue weighted by Gasteiger charge is 2.26. The van der Waals surface area contributed by atoms with Crippen LogP contribution in [0.2, 0.25) is 0 Å². The molecule has 0 aliphatic heterocycles. The zero-order valence-electron chi connectivity index (χ0n) is 22.5. The molecule has 6 rings (SSSR count). The van der Waals surface area contributed by atoms with Crippen molar-refractivity contribution < 1.29 is 12.8 Å². The van der Waals surface area contributed by atoms with Crippen LogP contribution in [0.3, 0.4) is 0 Å². The highest BCUT2D eigenvalue weighted by molar-refractivity contribution is 7.92. The van der Waals surface area contributed by atoms with Crippen molar-refractivity contribution in [3.63, 3.8) is 0 Å². The van der Waals surface area contributed by atoms with Gasteiger partial charge in [-0.25, -0.2) is 22.6 Å². The molecule has 0 bridgehead atoms. The molecule has 1 aliphatic carbocycles. The van der Waals surface area contributed by atoms with Gasteiger partial charge in [0.15, 0.2) is 5.65 Å². The summed E-state index contributed by atoms with van der Waals surface area (Å²) in [5.41, 5.74) is 1.23. The molecule has 1 saturated carbocycles. The Morgan fingerprint density at radius 3 is 2.46 bits per heavy atom. The van der Waals surface area contributed by atoms with E-state index in [2.05, 4.69) is 19.8 Å². The lowest BCUT2D eigenvalue weighted by molar-refractivity contribution is 0.548. The third-order valence-electron chi connectivity index (χ3n) is 7.17. The smallest absolute Gasteiger partial charge is 0.333 e. The summed E-state index contributed by atoms with van der Waals surface area (Å²) in [6.45, 7) is 1.88. The Bertz CT molecular complexity index is 2000. The fourth-order valence-corrected chi connectivity index (χ4v) is 6.17. The first kappa shape index (κ1) is 26.7. The van der Waals surface area contributed by atoms with Gasteiger partial charge in [0.05, 0.1) is 12.2 Å². The molecule has 11 nitrogen and oxygen atoms in total. The van der Waals surface area contributed by atoms with Crippen LogP contribution in [0.25, 0.3) is 11.2 Å². The van der Waals surface area contributed by atoms with Crippen LogP contribution >= 0.6 is 0 Å². The van der Waals surface area contributed by atoms with E-state index in [0.717, 1.165) is 23.0 Å². The Balaban J connectivity index is 1.29. The highest BCUT2D eigenvalue weighted by atomic mass is 32.2. The first-order chi connectivity index (χ1) is 19.6. The van der Waals surface area contributed by atoms with E-state index in [0.29, 0.717) is 36.1 Å². The highest BCUT2D eigenvalue weighted by Crippen LogP contribution is 2.30. The van der Waals surface area contributed by atoms with Crippen molar-refractivity contribution in [2.75, 3.05) is 4.72 Å². The molecule has 41 heavy (non-hydrogen) atoms. The summed E-state index contributed by atoms with van der Waals surface area (Å²) in [7, 11) is -2.15. The first-order valence-electron chi connectivity index (χ1n) is 13.2. The second-order valence-corrected chi connectivity index (χ2v) is 12.1. The maximum atomic E-state index is 14.4. The maximum Gasteiger partial charge on any atom is 0.333 e. The number of fused-ring (bicyclic) bond motifs is 1. The second kappa shape index (κ2) is 10.1. The van der Waals surface area contributed by atoms with E-state index in [1.165, 1.54) is 21.5 Å². The molecular weight excluding hydrogens is 549 g/mol. The van der Waals surface area contributed by atoms with Gasteiger partial charge in [-0.05, 0) is 49.4 Å². The molecule has 0 amide bonds. The van der Waals surface area contributed by atoms with Crippen LogP contribution in [0.15, 0.2) is 69.2 Å². The van der Waals surface area contributed by atoms with Crippen LogP contribution < -0.4 is 16.0 Å². The van der Waals surface area contributed by atoms with Gasteiger partial charge < -0.3 is 4.98 Å². The van der Waals surface area contributed by atoms with Crippen molar-refractivity contribution in [1.29, 1.82) is 0 Å². The number of benzene rings is 2. The van der Waals surface area contributed by atoms with E-state index in [1.54, 1.807) is 56.4 Å². The average molecular weight is 578 g/mol. The number of H-pyrrole nitrogens is 1. The zero-order valence-corrected chi connectivity index (χ0v) is 23.3. The van der Waals surface area contributed by atoms with Gasteiger partial charge in [0.25, 0.3) is 15.6 Å². The van der Waals surface area contributed by atoms with Gasteiger partial charge in [-0.3, -0.25) is 23.3 Å². The summed E-state index contributed by atoms with van der Waals surface area (Å²) >= 11 is 0. The van der Waals surface area contributed by atoms with Gasteiger partial charge in [0.1, 0.15) is 22.1 Å². The Hall–Kier alpha value is -4.52. The lowest BCUT2D eigenvalue weighted by Crippen LogP contribution is -2.40. The quantitative estimate of drug-likeness (QED) is 0.277. The summed E-state index contributed by atoms with van der Waals surface area (Å²) in [4.78, 5) is 34.6. The molecular formula is C28H28FN7O4S. The number of nitrogens with zero attached hydrogens (tertiary/aromatic N) is 5. The number of sulfonamides is 1.